The first-order chi connectivity index (χ1) is 10.0. The molecule has 0 saturated carbocycles. The van der Waals surface area contributed by atoms with E-state index in [0.717, 1.165) is 17.7 Å². The molecule has 2 rings (SSSR count). The van der Waals surface area contributed by atoms with E-state index in [1.54, 1.807) is 18.2 Å². The van der Waals surface area contributed by atoms with E-state index in [0.29, 0.717) is 5.02 Å². The van der Waals surface area contributed by atoms with Gasteiger partial charge in [0.05, 0.1) is 11.6 Å². The van der Waals surface area contributed by atoms with Crippen LogP contribution in [-0.4, -0.2) is 0 Å². The van der Waals surface area contributed by atoms with E-state index < -0.39 is 11.6 Å². The summed E-state index contributed by atoms with van der Waals surface area (Å²) in [5, 5.41) is 12.3. The minimum Gasteiger partial charge on any atom is -0.306 e. The van der Waals surface area contributed by atoms with Crippen LogP contribution in [0, 0.1) is 23.0 Å². The van der Waals surface area contributed by atoms with Crippen LogP contribution in [0.2, 0.25) is 5.02 Å². The molecule has 0 aromatic heterocycles. The Morgan fingerprint density at radius 2 is 1.90 bits per heavy atom. The molecule has 0 aliphatic rings. The Bertz CT molecular complexity index is 672. The van der Waals surface area contributed by atoms with Crippen LogP contribution in [0.1, 0.15) is 29.7 Å². The number of hydrogen-bond donors (Lipinski definition) is 1. The molecule has 0 radical (unpaired) electrons. The van der Waals surface area contributed by atoms with Crippen LogP contribution < -0.4 is 5.32 Å². The van der Waals surface area contributed by atoms with Crippen molar-refractivity contribution < 1.29 is 8.78 Å². The summed E-state index contributed by atoms with van der Waals surface area (Å²) < 4.78 is 27.5. The van der Waals surface area contributed by atoms with Crippen molar-refractivity contribution in [3.8, 4) is 6.07 Å². The second kappa shape index (κ2) is 6.66. The largest absolute Gasteiger partial charge is 0.306 e. The van der Waals surface area contributed by atoms with E-state index in [9.17, 15) is 8.78 Å². The zero-order chi connectivity index (χ0) is 15.4. The van der Waals surface area contributed by atoms with Gasteiger partial charge in [0.25, 0.3) is 0 Å². The lowest BCUT2D eigenvalue weighted by atomic mass is 10.1. The molecule has 2 aromatic carbocycles. The predicted molar refractivity (Wildman–Crippen MR) is 77.8 cm³/mol. The van der Waals surface area contributed by atoms with E-state index >= 15 is 0 Å². The maximum absolute atomic E-state index is 13.8. The van der Waals surface area contributed by atoms with Crippen molar-refractivity contribution >= 4 is 11.6 Å². The summed E-state index contributed by atoms with van der Waals surface area (Å²) in [5.74, 6) is -1.45. The fourth-order valence-corrected chi connectivity index (χ4v) is 2.18. The van der Waals surface area contributed by atoms with E-state index in [4.69, 9.17) is 16.9 Å². The number of nitriles is 1. The summed E-state index contributed by atoms with van der Waals surface area (Å²) in [6.07, 6.45) is 0. The first kappa shape index (κ1) is 15.4. The number of nitrogens with zero attached hydrogens (tertiary/aromatic N) is 1. The quantitative estimate of drug-likeness (QED) is 0.912. The van der Waals surface area contributed by atoms with Gasteiger partial charge in [0.2, 0.25) is 0 Å². The summed E-state index contributed by atoms with van der Waals surface area (Å²) in [7, 11) is 0. The topological polar surface area (TPSA) is 35.8 Å². The highest BCUT2D eigenvalue weighted by molar-refractivity contribution is 6.30. The van der Waals surface area contributed by atoms with Gasteiger partial charge < -0.3 is 5.32 Å². The van der Waals surface area contributed by atoms with Crippen molar-refractivity contribution in [2.75, 3.05) is 0 Å². The third-order valence-corrected chi connectivity index (χ3v) is 3.44. The molecule has 0 unspecified atom stereocenters. The molecule has 0 spiro atoms. The fraction of sp³-hybridized carbons (Fsp3) is 0.188. The van der Waals surface area contributed by atoms with Gasteiger partial charge in [0, 0.05) is 23.2 Å². The van der Waals surface area contributed by atoms with Gasteiger partial charge in [-0.15, -0.1) is 0 Å². The van der Waals surface area contributed by atoms with Gasteiger partial charge in [-0.2, -0.15) is 5.26 Å². The van der Waals surface area contributed by atoms with Crippen molar-refractivity contribution in [2.45, 2.75) is 19.5 Å². The highest BCUT2D eigenvalue weighted by atomic mass is 35.5. The molecule has 2 aromatic rings. The minimum absolute atomic E-state index is 0.0249. The number of benzene rings is 2. The molecule has 0 aliphatic heterocycles. The number of nitrogens with one attached hydrogen (secondary N) is 1. The molecular formula is C16H13ClF2N2. The smallest absolute Gasteiger partial charge is 0.131 e. The van der Waals surface area contributed by atoms with Crippen molar-refractivity contribution in [1.29, 1.82) is 5.26 Å². The Labute approximate surface area is 127 Å². The second-order valence-electron chi connectivity index (χ2n) is 4.69. The predicted octanol–water partition coefficient (Wildman–Crippen LogP) is 4.34. The average molecular weight is 307 g/mol. The molecule has 5 heteroatoms. The molecule has 1 atom stereocenters. The Balaban J connectivity index is 2.12. The average Bonchev–Trinajstić information content (AvgIpc) is 2.45. The molecule has 0 bridgehead atoms. The van der Waals surface area contributed by atoms with Crippen molar-refractivity contribution in [3.63, 3.8) is 0 Å². The Morgan fingerprint density at radius 3 is 2.48 bits per heavy atom. The number of halogens is 3. The molecule has 0 aliphatic carbocycles. The van der Waals surface area contributed by atoms with Crippen LogP contribution in [0.15, 0.2) is 36.4 Å². The normalized spacial score (nSPS) is 12.0. The van der Waals surface area contributed by atoms with Crippen LogP contribution in [0.25, 0.3) is 0 Å². The Kier molecular flexibility index (Phi) is 4.89. The molecule has 0 fully saturated rings. The van der Waals surface area contributed by atoms with Gasteiger partial charge >= 0.3 is 0 Å². The summed E-state index contributed by atoms with van der Waals surface area (Å²) in [4.78, 5) is 0. The van der Waals surface area contributed by atoms with Crippen LogP contribution in [0.5, 0.6) is 0 Å². The number of rotatable bonds is 4. The Morgan fingerprint density at radius 1 is 1.24 bits per heavy atom. The molecule has 0 saturated heterocycles. The summed E-state index contributed by atoms with van der Waals surface area (Å²) in [5.41, 5.74) is 0.816. The third-order valence-electron chi connectivity index (χ3n) is 3.20. The lowest BCUT2D eigenvalue weighted by Gasteiger charge is -2.15. The Hall–Kier alpha value is -1.96. The molecule has 108 valence electrons. The summed E-state index contributed by atoms with van der Waals surface area (Å²) in [6.45, 7) is 1.90. The highest BCUT2D eigenvalue weighted by Crippen LogP contribution is 2.20. The van der Waals surface area contributed by atoms with Crippen molar-refractivity contribution in [2.24, 2.45) is 0 Å². The highest BCUT2D eigenvalue weighted by Gasteiger charge is 2.13. The zero-order valence-corrected chi connectivity index (χ0v) is 12.1. The summed E-state index contributed by atoms with van der Waals surface area (Å²) >= 11 is 5.91. The molecule has 2 nitrogen and oxygen atoms in total. The van der Waals surface area contributed by atoms with Gasteiger partial charge in [-0.05, 0) is 36.8 Å². The SMILES string of the molecule is C[C@H](NCc1c(F)cc(C#N)cc1F)c1cccc(Cl)c1. The van der Waals surface area contributed by atoms with Crippen molar-refractivity contribution in [1.82, 2.24) is 5.32 Å². The van der Waals surface area contributed by atoms with Gasteiger partial charge in [0.1, 0.15) is 11.6 Å². The third kappa shape index (κ3) is 3.78. The minimum atomic E-state index is -0.725. The number of hydrogen-bond acceptors (Lipinski definition) is 2. The standard InChI is InChI=1S/C16H13ClF2N2/c1-10(12-3-2-4-13(17)7-12)21-9-14-15(18)5-11(8-20)6-16(14)19/h2-7,10,21H,9H2,1H3/t10-/m0/s1. The van der Waals surface area contributed by atoms with Gasteiger partial charge in [-0.1, -0.05) is 23.7 Å². The van der Waals surface area contributed by atoms with E-state index in [1.165, 1.54) is 0 Å². The van der Waals surface area contributed by atoms with Crippen LogP contribution in [0.4, 0.5) is 8.78 Å². The first-order valence-corrected chi connectivity index (χ1v) is 6.76. The van der Waals surface area contributed by atoms with Crippen LogP contribution >= 0.6 is 11.6 Å². The molecule has 21 heavy (non-hydrogen) atoms. The van der Waals surface area contributed by atoms with Crippen molar-refractivity contribution in [3.05, 3.63) is 69.7 Å². The summed E-state index contributed by atoms with van der Waals surface area (Å²) in [6, 6.07) is 10.9. The zero-order valence-electron chi connectivity index (χ0n) is 11.3. The molecule has 0 amide bonds. The van der Waals surface area contributed by atoms with E-state index in [1.807, 2.05) is 19.1 Å². The van der Waals surface area contributed by atoms with Gasteiger partial charge in [-0.3, -0.25) is 0 Å². The maximum Gasteiger partial charge on any atom is 0.131 e. The van der Waals surface area contributed by atoms with Crippen LogP contribution in [0.3, 0.4) is 0 Å². The second-order valence-corrected chi connectivity index (χ2v) is 5.12. The van der Waals surface area contributed by atoms with Gasteiger partial charge in [-0.25, -0.2) is 8.78 Å². The molecular weight excluding hydrogens is 294 g/mol. The molecule has 1 N–H and O–H groups in total. The maximum atomic E-state index is 13.8. The molecule has 0 heterocycles. The monoisotopic (exact) mass is 306 g/mol. The lowest BCUT2D eigenvalue weighted by molar-refractivity contribution is 0.509. The van der Waals surface area contributed by atoms with E-state index in [2.05, 4.69) is 5.32 Å². The lowest BCUT2D eigenvalue weighted by Crippen LogP contribution is -2.19. The fourth-order valence-electron chi connectivity index (χ4n) is 1.99. The van der Waals surface area contributed by atoms with E-state index in [-0.39, 0.29) is 23.7 Å². The first-order valence-electron chi connectivity index (χ1n) is 6.38. The van der Waals surface area contributed by atoms with Gasteiger partial charge in [0.15, 0.2) is 0 Å². The van der Waals surface area contributed by atoms with Crippen LogP contribution in [-0.2, 0) is 6.54 Å².